The van der Waals surface area contributed by atoms with Crippen molar-refractivity contribution in [2.45, 2.75) is 57.2 Å². The molecule has 0 unspecified atom stereocenters. The lowest BCUT2D eigenvalue weighted by Crippen LogP contribution is -2.43. The zero-order chi connectivity index (χ0) is 25.1. The van der Waals surface area contributed by atoms with Crippen LogP contribution in [0.2, 0.25) is 0 Å². The van der Waals surface area contributed by atoms with Crippen molar-refractivity contribution in [2.24, 2.45) is 0 Å². The number of rotatable bonds is 8. The third kappa shape index (κ3) is 5.72. The van der Waals surface area contributed by atoms with Crippen LogP contribution in [0.3, 0.4) is 0 Å². The Morgan fingerprint density at radius 1 is 1.08 bits per heavy atom. The molecule has 0 spiro atoms. The van der Waals surface area contributed by atoms with Crippen molar-refractivity contribution >= 4 is 11.5 Å². The van der Waals surface area contributed by atoms with Gasteiger partial charge in [-0.1, -0.05) is 24.3 Å². The zero-order valence-electron chi connectivity index (χ0n) is 21.9. The molecule has 0 radical (unpaired) electrons. The van der Waals surface area contributed by atoms with Crippen LogP contribution in [0, 0.1) is 0 Å². The minimum Gasteiger partial charge on any atom is -0.393 e. The second-order valence-corrected chi connectivity index (χ2v) is 10.6. The van der Waals surface area contributed by atoms with Crippen molar-refractivity contribution in [3.8, 4) is 11.1 Å². The highest BCUT2D eigenvalue weighted by Gasteiger charge is 2.26. The minimum atomic E-state index is -0.179. The molecule has 8 heteroatoms. The average Bonchev–Trinajstić information content (AvgIpc) is 3.25. The maximum atomic E-state index is 10.1. The predicted octanol–water partition coefficient (Wildman–Crippen LogP) is 3.61. The minimum absolute atomic E-state index is 0.114. The molecule has 194 valence electrons. The second-order valence-electron chi connectivity index (χ2n) is 10.6. The van der Waals surface area contributed by atoms with Crippen LogP contribution in [0.15, 0.2) is 36.5 Å². The summed E-state index contributed by atoms with van der Waals surface area (Å²) in [6.45, 7) is 8.17. The summed E-state index contributed by atoms with van der Waals surface area (Å²) in [5, 5.41) is 18.3. The summed E-state index contributed by atoms with van der Waals surface area (Å²) < 4.78 is 7.34. The lowest BCUT2D eigenvalue weighted by Gasteiger charge is -2.32. The van der Waals surface area contributed by atoms with E-state index in [1.807, 2.05) is 6.20 Å². The number of aromatic nitrogens is 3. The highest BCUT2D eigenvalue weighted by atomic mass is 16.5. The largest absolute Gasteiger partial charge is 0.393 e. The zero-order valence-corrected chi connectivity index (χ0v) is 21.9. The van der Waals surface area contributed by atoms with E-state index < -0.39 is 0 Å². The summed E-state index contributed by atoms with van der Waals surface area (Å²) in [6, 6.07) is 11.4. The number of aliphatic hydroxyl groups excluding tert-OH is 1. The average molecular weight is 493 g/mol. The van der Waals surface area contributed by atoms with Crippen molar-refractivity contribution in [1.29, 1.82) is 0 Å². The van der Waals surface area contributed by atoms with E-state index in [0.29, 0.717) is 18.5 Å². The standard InChI is InChI=1S/C28H40N6O2/c1-20(19-36-3)30-28-29-17-27-25(16-26(34(27)31-28)23-8-10-24(35)11-9-23)22-6-4-21(5-7-22)18-33-14-12-32(2)13-15-33/h4-7,16-17,20,23-24,35H,8-15,18-19H2,1-3H3,(H,30,31)/t20-,23?,24?/m0/s1. The molecule has 0 bridgehead atoms. The second kappa shape index (κ2) is 11.3. The van der Waals surface area contributed by atoms with Gasteiger partial charge in [0.2, 0.25) is 5.95 Å². The number of anilines is 1. The number of ether oxygens (including phenoxy) is 1. The van der Waals surface area contributed by atoms with E-state index in [-0.39, 0.29) is 12.1 Å². The fraction of sp³-hybridized carbons (Fsp3) is 0.571. The summed E-state index contributed by atoms with van der Waals surface area (Å²) in [5.74, 6) is 0.985. The highest BCUT2D eigenvalue weighted by molar-refractivity contribution is 5.81. The summed E-state index contributed by atoms with van der Waals surface area (Å²) in [5.41, 5.74) is 5.93. The molecule has 1 aromatic carbocycles. The monoisotopic (exact) mass is 492 g/mol. The van der Waals surface area contributed by atoms with Crippen LogP contribution in [0.5, 0.6) is 0 Å². The number of aliphatic hydroxyl groups is 1. The number of piperazine rings is 1. The Hall–Kier alpha value is -2.52. The number of nitrogens with one attached hydrogen (secondary N) is 1. The quantitative estimate of drug-likeness (QED) is 0.497. The molecule has 2 N–H and O–H groups in total. The first-order chi connectivity index (χ1) is 17.5. The molecule has 1 saturated carbocycles. The van der Waals surface area contributed by atoms with Crippen molar-refractivity contribution in [3.63, 3.8) is 0 Å². The van der Waals surface area contributed by atoms with E-state index in [1.165, 1.54) is 22.4 Å². The van der Waals surface area contributed by atoms with Crippen LogP contribution in [0.4, 0.5) is 5.95 Å². The number of nitrogens with zero attached hydrogens (tertiary/aromatic N) is 5. The van der Waals surface area contributed by atoms with Crippen LogP contribution in [-0.2, 0) is 11.3 Å². The van der Waals surface area contributed by atoms with Gasteiger partial charge in [0, 0.05) is 63.1 Å². The fourth-order valence-electron chi connectivity index (χ4n) is 5.54. The van der Waals surface area contributed by atoms with Gasteiger partial charge in [0.1, 0.15) is 0 Å². The maximum absolute atomic E-state index is 10.1. The Kier molecular flexibility index (Phi) is 7.86. The molecule has 5 rings (SSSR count). The number of methoxy groups -OCH3 is 1. The molecule has 3 heterocycles. The Balaban J connectivity index is 1.42. The number of benzene rings is 1. The van der Waals surface area contributed by atoms with Gasteiger partial charge in [0.05, 0.1) is 24.4 Å². The summed E-state index contributed by atoms with van der Waals surface area (Å²) >= 11 is 0. The molecule has 2 fully saturated rings. The topological polar surface area (TPSA) is 78.2 Å². The Bertz CT molecular complexity index is 1130. The van der Waals surface area contributed by atoms with Gasteiger partial charge >= 0.3 is 0 Å². The Labute approximate surface area is 214 Å². The lowest BCUT2D eigenvalue weighted by molar-refractivity contribution is 0.121. The summed E-state index contributed by atoms with van der Waals surface area (Å²) in [4.78, 5) is 9.56. The first-order valence-corrected chi connectivity index (χ1v) is 13.3. The summed E-state index contributed by atoms with van der Waals surface area (Å²) in [6.07, 6.45) is 5.39. The van der Waals surface area contributed by atoms with Gasteiger partial charge in [-0.3, -0.25) is 4.90 Å². The molecule has 8 nitrogen and oxygen atoms in total. The molecule has 2 aliphatic rings. The van der Waals surface area contributed by atoms with E-state index in [4.69, 9.17) is 9.84 Å². The highest BCUT2D eigenvalue weighted by Crippen LogP contribution is 2.37. The maximum Gasteiger partial charge on any atom is 0.241 e. The molecule has 36 heavy (non-hydrogen) atoms. The van der Waals surface area contributed by atoms with Crippen LogP contribution >= 0.6 is 0 Å². The lowest BCUT2D eigenvalue weighted by atomic mass is 9.85. The predicted molar refractivity (Wildman–Crippen MR) is 143 cm³/mol. The van der Waals surface area contributed by atoms with Gasteiger partial charge in [0.15, 0.2) is 0 Å². The van der Waals surface area contributed by atoms with Gasteiger partial charge < -0.3 is 20.1 Å². The fourth-order valence-corrected chi connectivity index (χ4v) is 5.54. The molecule has 3 aromatic rings. The molecule has 0 amide bonds. The number of hydrogen-bond donors (Lipinski definition) is 2. The molecule has 1 aliphatic heterocycles. The first-order valence-electron chi connectivity index (χ1n) is 13.3. The van der Waals surface area contributed by atoms with Gasteiger partial charge in [-0.25, -0.2) is 9.50 Å². The molecule has 2 aromatic heterocycles. The smallest absolute Gasteiger partial charge is 0.241 e. The SMILES string of the molecule is COC[C@H](C)Nc1ncc2c(-c3ccc(CN4CCN(C)CC4)cc3)cc(C3CCC(O)CC3)n2n1. The van der Waals surface area contributed by atoms with E-state index in [9.17, 15) is 5.11 Å². The molecule has 1 atom stereocenters. The molecular weight excluding hydrogens is 452 g/mol. The van der Waals surface area contributed by atoms with Crippen LogP contribution in [0.25, 0.3) is 16.6 Å². The first kappa shape index (κ1) is 25.1. The van der Waals surface area contributed by atoms with Crippen LogP contribution < -0.4 is 5.32 Å². The van der Waals surface area contributed by atoms with E-state index in [1.54, 1.807) is 7.11 Å². The third-order valence-electron chi connectivity index (χ3n) is 7.72. The van der Waals surface area contributed by atoms with Crippen molar-refractivity contribution in [3.05, 3.63) is 47.8 Å². The van der Waals surface area contributed by atoms with E-state index in [0.717, 1.165) is 63.9 Å². The molecular formula is C28H40N6O2. The number of likely N-dealkylation sites (N-methyl/N-ethyl adjacent to an activating group) is 1. The molecule has 1 saturated heterocycles. The summed E-state index contributed by atoms with van der Waals surface area (Å²) in [7, 11) is 3.90. The van der Waals surface area contributed by atoms with Gasteiger partial charge in [-0.05, 0) is 56.8 Å². The number of fused-ring (bicyclic) bond motifs is 1. The van der Waals surface area contributed by atoms with Gasteiger partial charge in [-0.2, -0.15) is 0 Å². The van der Waals surface area contributed by atoms with E-state index in [2.05, 4.69) is 68.9 Å². The van der Waals surface area contributed by atoms with Crippen LogP contribution in [-0.4, -0.2) is 88.6 Å². The molecule has 1 aliphatic carbocycles. The van der Waals surface area contributed by atoms with E-state index >= 15 is 0 Å². The normalized spacial score (nSPS) is 22.7. The van der Waals surface area contributed by atoms with Gasteiger partial charge in [-0.15, -0.1) is 5.10 Å². The van der Waals surface area contributed by atoms with Crippen molar-refractivity contribution < 1.29 is 9.84 Å². The Morgan fingerprint density at radius 3 is 2.50 bits per heavy atom. The van der Waals surface area contributed by atoms with Gasteiger partial charge in [0.25, 0.3) is 0 Å². The van der Waals surface area contributed by atoms with Crippen molar-refractivity contribution in [2.75, 3.05) is 52.3 Å². The van der Waals surface area contributed by atoms with Crippen molar-refractivity contribution in [1.82, 2.24) is 24.4 Å². The Morgan fingerprint density at radius 2 is 1.81 bits per heavy atom. The van der Waals surface area contributed by atoms with Crippen LogP contribution in [0.1, 0.15) is 49.8 Å². The third-order valence-corrected chi connectivity index (χ3v) is 7.72. The number of hydrogen-bond acceptors (Lipinski definition) is 7.